The van der Waals surface area contributed by atoms with Crippen LogP contribution in [0.1, 0.15) is 30.9 Å². The molecule has 1 fully saturated rings. The van der Waals surface area contributed by atoms with Crippen LogP contribution in [0.5, 0.6) is 0 Å². The number of aromatic nitrogens is 2. The van der Waals surface area contributed by atoms with Crippen molar-refractivity contribution in [2.45, 2.75) is 25.3 Å². The van der Waals surface area contributed by atoms with Crippen LogP contribution in [0.3, 0.4) is 0 Å². The molecule has 1 atom stereocenters. The first-order valence-electron chi connectivity index (χ1n) is 9.83. The molecule has 0 bridgehead atoms. The molecule has 1 unspecified atom stereocenters. The first-order valence-corrected chi connectivity index (χ1v) is 9.83. The number of nitrogens with one attached hydrogen (secondary N) is 2. The van der Waals surface area contributed by atoms with Gasteiger partial charge in [-0.05, 0) is 49.7 Å². The lowest BCUT2D eigenvalue weighted by atomic mass is 10.0. The fourth-order valence-corrected chi connectivity index (χ4v) is 3.76. The average Bonchev–Trinajstić information content (AvgIpc) is 2.75. The molecule has 2 N–H and O–H groups in total. The van der Waals surface area contributed by atoms with Gasteiger partial charge >= 0.3 is 6.03 Å². The smallest absolute Gasteiger partial charge is 0.319 e. The number of pyridine rings is 2. The van der Waals surface area contributed by atoms with Crippen LogP contribution in [0.25, 0.3) is 10.9 Å². The van der Waals surface area contributed by atoms with Crippen LogP contribution >= 0.6 is 0 Å². The number of hydrogen-bond donors (Lipinski definition) is 2. The lowest BCUT2D eigenvalue weighted by Crippen LogP contribution is -2.41. The predicted molar refractivity (Wildman–Crippen MR) is 111 cm³/mol. The van der Waals surface area contributed by atoms with Crippen molar-refractivity contribution in [1.82, 2.24) is 20.2 Å². The monoisotopic (exact) mass is 375 g/mol. The van der Waals surface area contributed by atoms with Crippen LogP contribution in [-0.4, -0.2) is 40.5 Å². The van der Waals surface area contributed by atoms with Crippen molar-refractivity contribution in [3.63, 3.8) is 0 Å². The molecule has 1 aromatic carbocycles. The lowest BCUT2D eigenvalue weighted by molar-refractivity contribution is 0.161. The number of para-hydroxylation sites is 1. The number of carbonyl (C=O) groups is 1. The highest BCUT2D eigenvalue weighted by Crippen LogP contribution is 2.23. The van der Waals surface area contributed by atoms with Crippen molar-refractivity contribution in [1.29, 1.82) is 0 Å². The van der Waals surface area contributed by atoms with Crippen LogP contribution in [0.2, 0.25) is 0 Å². The summed E-state index contributed by atoms with van der Waals surface area (Å²) >= 11 is 0. The van der Waals surface area contributed by atoms with Crippen molar-refractivity contribution in [2.75, 3.05) is 25.0 Å². The molecule has 6 heteroatoms. The number of benzene rings is 1. The standard InChI is InChI=1S/C22H25N5O/c28-22(26-19-13-17-7-2-3-9-20(17)24-15-19)25-16-21(18-8-6-10-23-14-18)27-11-4-1-5-12-27/h2-3,6-10,13-15,21H,1,4-5,11-12,16H2,(H2,25,26,28). The topological polar surface area (TPSA) is 70.2 Å². The normalized spacial score (nSPS) is 15.9. The zero-order chi connectivity index (χ0) is 19.2. The second-order valence-electron chi connectivity index (χ2n) is 7.15. The number of hydrogen-bond acceptors (Lipinski definition) is 4. The third kappa shape index (κ3) is 4.46. The number of rotatable bonds is 5. The molecule has 28 heavy (non-hydrogen) atoms. The van der Waals surface area contributed by atoms with Crippen LogP contribution in [0.15, 0.2) is 61.1 Å². The van der Waals surface area contributed by atoms with E-state index in [0.29, 0.717) is 12.2 Å². The van der Waals surface area contributed by atoms with Gasteiger partial charge in [0, 0.05) is 24.3 Å². The fourth-order valence-electron chi connectivity index (χ4n) is 3.76. The van der Waals surface area contributed by atoms with E-state index in [1.165, 1.54) is 19.3 Å². The van der Waals surface area contributed by atoms with Gasteiger partial charge in [0.05, 0.1) is 23.4 Å². The summed E-state index contributed by atoms with van der Waals surface area (Å²) in [5.74, 6) is 0. The zero-order valence-electron chi connectivity index (χ0n) is 15.8. The third-order valence-corrected chi connectivity index (χ3v) is 5.20. The summed E-state index contributed by atoms with van der Waals surface area (Å²) in [7, 11) is 0. The number of urea groups is 1. The molecule has 0 spiro atoms. The Hall–Kier alpha value is -2.99. The first kappa shape index (κ1) is 18.4. The summed E-state index contributed by atoms with van der Waals surface area (Å²) in [5.41, 5.74) is 2.74. The maximum atomic E-state index is 12.5. The van der Waals surface area contributed by atoms with E-state index in [1.54, 1.807) is 12.4 Å². The Labute approximate surface area is 165 Å². The molecule has 0 saturated carbocycles. The molecule has 1 aliphatic rings. The molecule has 4 rings (SSSR count). The van der Waals surface area contributed by atoms with Gasteiger partial charge in [-0.2, -0.15) is 0 Å². The van der Waals surface area contributed by atoms with E-state index in [2.05, 4.69) is 31.6 Å². The Morgan fingerprint density at radius 3 is 2.75 bits per heavy atom. The molecule has 2 amide bonds. The maximum Gasteiger partial charge on any atom is 0.319 e. The summed E-state index contributed by atoms with van der Waals surface area (Å²) in [5, 5.41) is 6.93. The Balaban J connectivity index is 1.41. The SMILES string of the molecule is O=C(NCC(c1cccnc1)N1CCCCC1)Nc1cnc2ccccc2c1. The van der Waals surface area contributed by atoms with Gasteiger partial charge in [-0.15, -0.1) is 0 Å². The molecule has 1 saturated heterocycles. The quantitative estimate of drug-likeness (QED) is 0.708. The Bertz CT molecular complexity index is 924. The van der Waals surface area contributed by atoms with Gasteiger partial charge in [-0.25, -0.2) is 4.79 Å². The number of carbonyl (C=O) groups excluding carboxylic acids is 1. The van der Waals surface area contributed by atoms with E-state index in [9.17, 15) is 4.79 Å². The highest BCUT2D eigenvalue weighted by Gasteiger charge is 2.23. The highest BCUT2D eigenvalue weighted by atomic mass is 16.2. The van der Waals surface area contributed by atoms with Gasteiger partial charge in [0.25, 0.3) is 0 Å². The van der Waals surface area contributed by atoms with Crippen molar-refractivity contribution < 1.29 is 4.79 Å². The Kier molecular flexibility index (Phi) is 5.77. The number of amides is 2. The summed E-state index contributed by atoms with van der Waals surface area (Å²) in [6.45, 7) is 2.65. The molecule has 0 aliphatic carbocycles. The highest BCUT2D eigenvalue weighted by molar-refractivity contribution is 5.91. The molecular formula is C22H25N5O. The number of likely N-dealkylation sites (tertiary alicyclic amines) is 1. The number of piperidine rings is 1. The van der Waals surface area contributed by atoms with Gasteiger partial charge < -0.3 is 10.6 Å². The molecule has 3 heterocycles. The van der Waals surface area contributed by atoms with Crippen LogP contribution < -0.4 is 10.6 Å². The minimum absolute atomic E-state index is 0.134. The second-order valence-corrected chi connectivity index (χ2v) is 7.15. The molecule has 6 nitrogen and oxygen atoms in total. The maximum absolute atomic E-state index is 12.5. The van der Waals surface area contributed by atoms with E-state index in [0.717, 1.165) is 29.6 Å². The van der Waals surface area contributed by atoms with Gasteiger partial charge in [0.1, 0.15) is 0 Å². The van der Waals surface area contributed by atoms with Gasteiger partial charge in [0.2, 0.25) is 0 Å². The van der Waals surface area contributed by atoms with Crippen molar-refractivity contribution in [2.24, 2.45) is 0 Å². The van der Waals surface area contributed by atoms with E-state index in [1.807, 2.05) is 42.6 Å². The Morgan fingerprint density at radius 1 is 1.07 bits per heavy atom. The predicted octanol–water partition coefficient (Wildman–Crippen LogP) is 3.98. The molecule has 144 valence electrons. The van der Waals surface area contributed by atoms with Crippen LogP contribution in [0.4, 0.5) is 10.5 Å². The van der Waals surface area contributed by atoms with Crippen LogP contribution in [0, 0.1) is 0 Å². The molecule has 1 aliphatic heterocycles. The number of anilines is 1. The van der Waals surface area contributed by atoms with E-state index < -0.39 is 0 Å². The first-order chi connectivity index (χ1) is 13.8. The largest absolute Gasteiger partial charge is 0.336 e. The van der Waals surface area contributed by atoms with E-state index in [-0.39, 0.29) is 12.1 Å². The molecular weight excluding hydrogens is 350 g/mol. The van der Waals surface area contributed by atoms with Crippen molar-refractivity contribution in [3.05, 3.63) is 66.6 Å². The third-order valence-electron chi connectivity index (χ3n) is 5.20. The van der Waals surface area contributed by atoms with E-state index >= 15 is 0 Å². The number of fused-ring (bicyclic) bond motifs is 1. The average molecular weight is 375 g/mol. The second kappa shape index (κ2) is 8.80. The van der Waals surface area contributed by atoms with Gasteiger partial charge in [0.15, 0.2) is 0 Å². The van der Waals surface area contributed by atoms with E-state index in [4.69, 9.17) is 0 Å². The number of nitrogens with zero attached hydrogens (tertiary/aromatic N) is 3. The fraction of sp³-hybridized carbons (Fsp3) is 0.318. The molecule has 0 radical (unpaired) electrons. The minimum Gasteiger partial charge on any atom is -0.336 e. The summed E-state index contributed by atoms with van der Waals surface area (Å²) < 4.78 is 0. The van der Waals surface area contributed by atoms with Crippen molar-refractivity contribution in [3.8, 4) is 0 Å². The van der Waals surface area contributed by atoms with Gasteiger partial charge in [-0.1, -0.05) is 30.7 Å². The summed E-state index contributed by atoms with van der Waals surface area (Å²) in [4.78, 5) is 23.6. The summed E-state index contributed by atoms with van der Waals surface area (Å²) in [6, 6.07) is 13.7. The Morgan fingerprint density at radius 2 is 1.93 bits per heavy atom. The van der Waals surface area contributed by atoms with Crippen molar-refractivity contribution >= 4 is 22.6 Å². The van der Waals surface area contributed by atoms with Crippen LogP contribution in [-0.2, 0) is 0 Å². The minimum atomic E-state index is -0.219. The summed E-state index contributed by atoms with van der Waals surface area (Å²) in [6.07, 6.45) is 9.04. The lowest BCUT2D eigenvalue weighted by Gasteiger charge is -2.34. The molecule has 2 aromatic heterocycles. The molecule has 3 aromatic rings. The zero-order valence-corrected chi connectivity index (χ0v) is 15.8. The van der Waals surface area contributed by atoms with Gasteiger partial charge in [-0.3, -0.25) is 14.9 Å².